The first-order chi connectivity index (χ1) is 9.47. The lowest BCUT2D eigenvalue weighted by Crippen LogP contribution is -2.40. The summed E-state index contributed by atoms with van der Waals surface area (Å²) in [6.07, 6.45) is 4.71. The van der Waals surface area contributed by atoms with Crippen LogP contribution >= 0.6 is 0 Å². The van der Waals surface area contributed by atoms with Crippen molar-refractivity contribution in [3.63, 3.8) is 0 Å². The number of benzene rings is 1. The Kier molecular flexibility index (Phi) is 4.42. The molecule has 4 heteroatoms. The van der Waals surface area contributed by atoms with E-state index >= 15 is 0 Å². The number of halogens is 1. The first-order valence-corrected chi connectivity index (χ1v) is 6.94. The average molecular weight is 277 g/mol. The third-order valence-corrected chi connectivity index (χ3v) is 3.84. The van der Waals surface area contributed by atoms with Crippen molar-refractivity contribution >= 4 is 17.7 Å². The molecule has 0 radical (unpaired) electrons. The number of carboxylic acid groups (broad SMARTS) is 1. The van der Waals surface area contributed by atoms with Crippen molar-refractivity contribution in [1.29, 1.82) is 0 Å². The van der Waals surface area contributed by atoms with Gasteiger partial charge in [0.1, 0.15) is 5.82 Å². The minimum atomic E-state index is -1.03. The Labute approximate surface area is 118 Å². The molecule has 1 heterocycles. The van der Waals surface area contributed by atoms with Gasteiger partial charge in [-0.1, -0.05) is 6.92 Å². The van der Waals surface area contributed by atoms with E-state index in [9.17, 15) is 9.18 Å². The molecule has 0 amide bonds. The number of anilines is 1. The van der Waals surface area contributed by atoms with Crippen LogP contribution < -0.4 is 4.90 Å². The second-order valence-corrected chi connectivity index (χ2v) is 5.55. The summed E-state index contributed by atoms with van der Waals surface area (Å²) in [4.78, 5) is 12.9. The monoisotopic (exact) mass is 277 g/mol. The summed E-state index contributed by atoms with van der Waals surface area (Å²) in [6, 6.07) is 4.93. The molecule has 20 heavy (non-hydrogen) atoms. The first-order valence-electron chi connectivity index (χ1n) is 6.94. The zero-order valence-corrected chi connectivity index (χ0v) is 11.8. The fourth-order valence-electron chi connectivity index (χ4n) is 2.85. The highest BCUT2D eigenvalue weighted by molar-refractivity contribution is 5.87. The Hall–Kier alpha value is -1.84. The topological polar surface area (TPSA) is 40.5 Å². The maximum absolute atomic E-state index is 13.4. The summed E-state index contributed by atoms with van der Waals surface area (Å²) in [5, 5.41) is 8.74. The van der Waals surface area contributed by atoms with E-state index in [4.69, 9.17) is 5.11 Å². The molecule has 2 atom stereocenters. The lowest BCUT2D eigenvalue weighted by molar-refractivity contribution is -0.131. The number of rotatable bonds is 3. The van der Waals surface area contributed by atoms with Crippen LogP contribution in [0.2, 0.25) is 0 Å². The molecule has 2 rings (SSSR count). The van der Waals surface area contributed by atoms with Crippen molar-refractivity contribution in [2.75, 3.05) is 11.4 Å². The predicted octanol–water partition coefficient (Wildman–Crippen LogP) is 3.55. The van der Waals surface area contributed by atoms with E-state index in [1.165, 1.54) is 18.2 Å². The van der Waals surface area contributed by atoms with Crippen molar-refractivity contribution < 1.29 is 14.3 Å². The van der Waals surface area contributed by atoms with E-state index in [0.717, 1.165) is 31.1 Å². The molecular formula is C16H20FNO2. The molecule has 1 aromatic rings. The van der Waals surface area contributed by atoms with Gasteiger partial charge in [0.25, 0.3) is 0 Å². The van der Waals surface area contributed by atoms with E-state index in [1.54, 1.807) is 6.07 Å². The standard InChI is InChI=1S/C16H20FNO2/c1-11-7-8-18(12(2)9-11)15-5-4-14(17)10-13(15)3-6-16(19)20/h3-6,10-12H,7-9H2,1-2H3,(H,19,20). The second kappa shape index (κ2) is 6.07. The van der Waals surface area contributed by atoms with E-state index in [0.29, 0.717) is 17.5 Å². The van der Waals surface area contributed by atoms with Gasteiger partial charge in [-0.05, 0) is 50.0 Å². The summed E-state index contributed by atoms with van der Waals surface area (Å²) in [5.74, 6) is -0.683. The first kappa shape index (κ1) is 14.6. The predicted molar refractivity (Wildman–Crippen MR) is 78.3 cm³/mol. The van der Waals surface area contributed by atoms with Gasteiger partial charge >= 0.3 is 5.97 Å². The molecular weight excluding hydrogens is 257 g/mol. The fraction of sp³-hybridized carbons (Fsp3) is 0.438. The zero-order chi connectivity index (χ0) is 14.7. The van der Waals surface area contributed by atoms with Gasteiger partial charge in [0.15, 0.2) is 0 Å². The molecule has 1 N–H and O–H groups in total. The fourth-order valence-corrected chi connectivity index (χ4v) is 2.85. The van der Waals surface area contributed by atoms with Gasteiger partial charge in [-0.25, -0.2) is 9.18 Å². The van der Waals surface area contributed by atoms with Crippen LogP contribution in [0, 0.1) is 11.7 Å². The summed E-state index contributed by atoms with van der Waals surface area (Å²) in [6.45, 7) is 5.31. The molecule has 0 aromatic heterocycles. The van der Waals surface area contributed by atoms with Crippen molar-refractivity contribution in [2.45, 2.75) is 32.7 Å². The Bertz CT molecular complexity index is 527. The normalized spacial score (nSPS) is 23.2. The average Bonchev–Trinajstić information content (AvgIpc) is 2.37. The maximum atomic E-state index is 13.4. The third kappa shape index (κ3) is 3.38. The van der Waals surface area contributed by atoms with E-state index < -0.39 is 5.97 Å². The molecule has 1 aliphatic rings. The van der Waals surface area contributed by atoms with Crippen LogP contribution in [-0.2, 0) is 4.79 Å². The largest absolute Gasteiger partial charge is 0.478 e. The molecule has 0 aliphatic carbocycles. The van der Waals surface area contributed by atoms with Crippen molar-refractivity contribution in [2.24, 2.45) is 5.92 Å². The van der Waals surface area contributed by atoms with Crippen LogP contribution in [0.25, 0.3) is 6.08 Å². The van der Waals surface area contributed by atoms with Gasteiger partial charge < -0.3 is 10.0 Å². The van der Waals surface area contributed by atoms with Gasteiger partial charge in [-0.3, -0.25) is 0 Å². The third-order valence-electron chi connectivity index (χ3n) is 3.84. The summed E-state index contributed by atoms with van der Waals surface area (Å²) in [5.41, 5.74) is 1.53. The van der Waals surface area contributed by atoms with Gasteiger partial charge in [0, 0.05) is 29.9 Å². The molecule has 0 bridgehead atoms. The highest BCUT2D eigenvalue weighted by Crippen LogP contribution is 2.31. The second-order valence-electron chi connectivity index (χ2n) is 5.55. The van der Waals surface area contributed by atoms with Gasteiger partial charge in [-0.15, -0.1) is 0 Å². The van der Waals surface area contributed by atoms with E-state index in [2.05, 4.69) is 18.7 Å². The Balaban J connectivity index is 2.33. The van der Waals surface area contributed by atoms with Crippen molar-refractivity contribution in [3.05, 3.63) is 35.7 Å². The van der Waals surface area contributed by atoms with E-state index in [-0.39, 0.29) is 5.82 Å². The Morgan fingerprint density at radius 2 is 2.20 bits per heavy atom. The summed E-state index contributed by atoms with van der Waals surface area (Å²) >= 11 is 0. The molecule has 108 valence electrons. The number of carbonyl (C=O) groups is 1. The molecule has 2 unspecified atom stereocenters. The molecule has 3 nitrogen and oxygen atoms in total. The molecule has 1 aromatic carbocycles. The van der Waals surface area contributed by atoms with Crippen LogP contribution in [0.1, 0.15) is 32.3 Å². The molecule has 1 aliphatic heterocycles. The minimum Gasteiger partial charge on any atom is -0.478 e. The highest BCUT2D eigenvalue weighted by Gasteiger charge is 2.24. The van der Waals surface area contributed by atoms with Crippen LogP contribution in [0.4, 0.5) is 10.1 Å². The molecule has 1 saturated heterocycles. The Morgan fingerprint density at radius 1 is 1.45 bits per heavy atom. The minimum absolute atomic E-state index is 0.350. The number of piperidine rings is 1. The van der Waals surface area contributed by atoms with Crippen molar-refractivity contribution in [1.82, 2.24) is 0 Å². The van der Waals surface area contributed by atoms with Crippen molar-refractivity contribution in [3.8, 4) is 0 Å². The SMILES string of the molecule is CC1CCN(c2ccc(F)cc2C=CC(=O)O)C(C)C1. The lowest BCUT2D eigenvalue weighted by Gasteiger charge is -2.39. The quantitative estimate of drug-likeness (QED) is 0.859. The van der Waals surface area contributed by atoms with Gasteiger partial charge in [-0.2, -0.15) is 0 Å². The molecule has 0 spiro atoms. The number of hydrogen-bond donors (Lipinski definition) is 1. The van der Waals surface area contributed by atoms with Crippen LogP contribution in [0.15, 0.2) is 24.3 Å². The number of hydrogen-bond acceptors (Lipinski definition) is 2. The van der Waals surface area contributed by atoms with Gasteiger partial charge in [0.2, 0.25) is 0 Å². The number of nitrogens with zero attached hydrogens (tertiary/aromatic N) is 1. The van der Waals surface area contributed by atoms with Crippen LogP contribution in [-0.4, -0.2) is 23.7 Å². The number of carboxylic acids is 1. The molecule has 0 saturated carbocycles. The summed E-state index contributed by atoms with van der Waals surface area (Å²) < 4.78 is 13.4. The van der Waals surface area contributed by atoms with E-state index in [1.807, 2.05) is 0 Å². The Morgan fingerprint density at radius 3 is 2.85 bits per heavy atom. The maximum Gasteiger partial charge on any atom is 0.328 e. The van der Waals surface area contributed by atoms with Crippen LogP contribution in [0.5, 0.6) is 0 Å². The lowest BCUT2D eigenvalue weighted by atomic mass is 9.92. The zero-order valence-electron chi connectivity index (χ0n) is 11.8. The highest BCUT2D eigenvalue weighted by atomic mass is 19.1. The van der Waals surface area contributed by atoms with Crippen LogP contribution in [0.3, 0.4) is 0 Å². The van der Waals surface area contributed by atoms with Gasteiger partial charge in [0.05, 0.1) is 0 Å². The number of aliphatic carboxylic acids is 1. The summed E-state index contributed by atoms with van der Waals surface area (Å²) in [7, 11) is 0. The molecule has 1 fully saturated rings. The smallest absolute Gasteiger partial charge is 0.328 e.